The first-order valence-corrected chi connectivity index (χ1v) is 10.6. The molecule has 2 aromatic rings. The molecular weight excluding hydrogens is 420 g/mol. The molecule has 1 aliphatic heterocycles. The number of thiophene rings is 1. The Morgan fingerprint density at radius 1 is 0.935 bits per heavy atom. The van der Waals surface area contributed by atoms with Gasteiger partial charge < -0.3 is 23.8 Å². The summed E-state index contributed by atoms with van der Waals surface area (Å²) in [4.78, 5) is 31.0. The lowest BCUT2D eigenvalue weighted by atomic mass is 10.1. The van der Waals surface area contributed by atoms with Gasteiger partial charge in [-0.05, 0) is 23.6 Å². The van der Waals surface area contributed by atoms with E-state index in [1.165, 1.54) is 18.4 Å². The van der Waals surface area contributed by atoms with Gasteiger partial charge in [0.05, 0.1) is 38.7 Å². The normalized spacial score (nSPS) is 13.9. The van der Waals surface area contributed by atoms with Gasteiger partial charge in [-0.2, -0.15) is 0 Å². The van der Waals surface area contributed by atoms with Crippen LogP contribution in [0, 0.1) is 0 Å². The Hall–Kier alpha value is -2.88. The first-order valence-electron chi connectivity index (χ1n) is 9.69. The molecule has 0 unspecified atom stereocenters. The van der Waals surface area contributed by atoms with Crippen LogP contribution in [-0.2, 0) is 19.1 Å². The molecule has 0 aliphatic carbocycles. The molecule has 8 nitrogen and oxygen atoms in total. The topological polar surface area (TPSA) is 77.5 Å². The Morgan fingerprint density at radius 3 is 2.19 bits per heavy atom. The highest BCUT2D eigenvalue weighted by Gasteiger charge is 2.43. The molecule has 166 valence electrons. The molecule has 31 heavy (non-hydrogen) atoms. The number of amides is 2. The summed E-state index contributed by atoms with van der Waals surface area (Å²) in [5.41, 5.74) is 1.06. The van der Waals surface area contributed by atoms with Gasteiger partial charge in [0, 0.05) is 38.3 Å². The van der Waals surface area contributed by atoms with Gasteiger partial charge in [-0.1, -0.05) is 6.07 Å². The minimum atomic E-state index is -0.413. The van der Waals surface area contributed by atoms with Crippen LogP contribution in [-0.4, -0.2) is 71.5 Å². The summed E-state index contributed by atoms with van der Waals surface area (Å²) in [6, 6.07) is 8.68. The molecule has 0 N–H and O–H groups in total. The molecule has 0 spiro atoms. The van der Waals surface area contributed by atoms with Gasteiger partial charge in [-0.3, -0.25) is 9.59 Å². The fraction of sp³-hybridized carbons (Fsp3) is 0.364. The van der Waals surface area contributed by atoms with Crippen LogP contribution in [0.3, 0.4) is 0 Å². The van der Waals surface area contributed by atoms with Gasteiger partial charge in [0.2, 0.25) is 0 Å². The van der Waals surface area contributed by atoms with Crippen molar-refractivity contribution >= 4 is 34.4 Å². The van der Waals surface area contributed by atoms with Gasteiger partial charge in [0.15, 0.2) is 0 Å². The average molecular weight is 447 g/mol. The number of rotatable bonds is 11. The van der Waals surface area contributed by atoms with Crippen LogP contribution in [0.25, 0.3) is 5.57 Å². The van der Waals surface area contributed by atoms with Crippen molar-refractivity contribution in [2.75, 3.05) is 59.6 Å². The zero-order valence-corrected chi connectivity index (χ0v) is 18.9. The maximum atomic E-state index is 13.7. The molecule has 0 radical (unpaired) electrons. The minimum absolute atomic E-state index is 0.333. The molecule has 2 heterocycles. The molecule has 1 aromatic carbocycles. The summed E-state index contributed by atoms with van der Waals surface area (Å²) in [5.74, 6) is 0.121. The fourth-order valence-corrected chi connectivity index (χ4v) is 4.14. The Balaban J connectivity index is 2.10. The summed E-state index contributed by atoms with van der Waals surface area (Å²) < 4.78 is 21.2. The lowest BCUT2D eigenvalue weighted by Crippen LogP contribution is -2.37. The molecule has 2 amide bonds. The number of nitrogens with zero attached hydrogens (tertiary/aromatic N) is 2. The number of hydrogen-bond acceptors (Lipinski definition) is 8. The van der Waals surface area contributed by atoms with Crippen molar-refractivity contribution in [3.8, 4) is 11.5 Å². The molecule has 3 rings (SSSR count). The lowest BCUT2D eigenvalue weighted by Gasteiger charge is -2.26. The number of imide groups is 1. The van der Waals surface area contributed by atoms with Gasteiger partial charge in [0.25, 0.3) is 11.8 Å². The number of hydrogen-bond donors (Lipinski definition) is 0. The SMILES string of the molecule is COCCN(CCOC)C1=C(c2cccs2)C(=O)N(c2ccc(OC)cc2OC)C1=O. The zero-order valence-electron chi connectivity index (χ0n) is 18.0. The van der Waals surface area contributed by atoms with E-state index in [2.05, 4.69) is 0 Å². The molecule has 0 saturated heterocycles. The first kappa shape index (κ1) is 22.8. The molecule has 0 bridgehead atoms. The maximum Gasteiger partial charge on any atom is 0.282 e. The van der Waals surface area contributed by atoms with E-state index in [1.54, 1.807) is 39.5 Å². The van der Waals surface area contributed by atoms with Crippen LogP contribution >= 0.6 is 11.3 Å². The van der Waals surface area contributed by atoms with Crippen LogP contribution < -0.4 is 14.4 Å². The van der Waals surface area contributed by atoms with Crippen molar-refractivity contribution in [2.24, 2.45) is 0 Å². The van der Waals surface area contributed by atoms with Crippen molar-refractivity contribution in [1.82, 2.24) is 4.90 Å². The van der Waals surface area contributed by atoms with E-state index < -0.39 is 11.8 Å². The van der Waals surface area contributed by atoms with Crippen LogP contribution in [0.4, 0.5) is 5.69 Å². The molecule has 0 fully saturated rings. The third kappa shape index (κ3) is 4.58. The maximum absolute atomic E-state index is 13.7. The quantitative estimate of drug-likeness (QED) is 0.491. The van der Waals surface area contributed by atoms with E-state index in [1.807, 2.05) is 22.4 Å². The minimum Gasteiger partial charge on any atom is -0.497 e. The zero-order chi connectivity index (χ0) is 22.4. The van der Waals surface area contributed by atoms with Gasteiger partial charge in [-0.25, -0.2) is 4.90 Å². The summed E-state index contributed by atoms with van der Waals surface area (Å²) in [6.45, 7) is 1.68. The fourth-order valence-electron chi connectivity index (χ4n) is 3.38. The average Bonchev–Trinajstić information content (AvgIpc) is 3.40. The molecule has 0 atom stereocenters. The second kappa shape index (κ2) is 10.4. The highest BCUT2D eigenvalue weighted by Crippen LogP contribution is 2.40. The van der Waals surface area contributed by atoms with E-state index in [-0.39, 0.29) is 0 Å². The summed E-state index contributed by atoms with van der Waals surface area (Å²) >= 11 is 1.41. The second-order valence-electron chi connectivity index (χ2n) is 6.66. The van der Waals surface area contributed by atoms with Crippen LogP contribution in [0.15, 0.2) is 41.4 Å². The summed E-state index contributed by atoms with van der Waals surface area (Å²) in [5, 5.41) is 1.88. The predicted octanol–water partition coefficient (Wildman–Crippen LogP) is 2.64. The Morgan fingerprint density at radius 2 is 1.65 bits per heavy atom. The summed E-state index contributed by atoms with van der Waals surface area (Å²) in [7, 11) is 6.22. The number of ether oxygens (including phenoxy) is 4. The van der Waals surface area contributed by atoms with Gasteiger partial charge in [0.1, 0.15) is 17.2 Å². The van der Waals surface area contributed by atoms with E-state index in [0.29, 0.717) is 54.8 Å². The van der Waals surface area contributed by atoms with Gasteiger partial charge >= 0.3 is 0 Å². The van der Waals surface area contributed by atoms with Crippen molar-refractivity contribution in [3.63, 3.8) is 0 Å². The van der Waals surface area contributed by atoms with Crippen LogP contribution in [0.2, 0.25) is 0 Å². The second-order valence-corrected chi connectivity index (χ2v) is 7.60. The van der Waals surface area contributed by atoms with Crippen molar-refractivity contribution in [2.45, 2.75) is 0 Å². The largest absolute Gasteiger partial charge is 0.497 e. The van der Waals surface area contributed by atoms with E-state index in [0.717, 1.165) is 9.78 Å². The number of anilines is 1. The van der Waals surface area contributed by atoms with Crippen molar-refractivity contribution in [3.05, 3.63) is 46.3 Å². The van der Waals surface area contributed by atoms with E-state index in [9.17, 15) is 9.59 Å². The van der Waals surface area contributed by atoms with Crippen LogP contribution in [0.1, 0.15) is 4.88 Å². The molecule has 9 heteroatoms. The number of carbonyl (C=O) groups excluding carboxylic acids is 2. The smallest absolute Gasteiger partial charge is 0.282 e. The van der Waals surface area contributed by atoms with E-state index in [4.69, 9.17) is 18.9 Å². The Labute approximate surface area is 185 Å². The van der Waals surface area contributed by atoms with Crippen molar-refractivity contribution in [1.29, 1.82) is 0 Å². The third-order valence-corrected chi connectivity index (χ3v) is 5.79. The monoisotopic (exact) mass is 446 g/mol. The third-order valence-electron chi connectivity index (χ3n) is 4.90. The first-order chi connectivity index (χ1) is 15.1. The lowest BCUT2D eigenvalue weighted by molar-refractivity contribution is -0.120. The van der Waals surface area contributed by atoms with Crippen LogP contribution in [0.5, 0.6) is 11.5 Å². The highest BCUT2D eigenvalue weighted by molar-refractivity contribution is 7.11. The standard InChI is InChI=1S/C22H26N2O6S/c1-27-11-9-23(10-12-28-2)20-19(18-6-5-13-31-18)21(25)24(22(20)26)16-8-7-15(29-3)14-17(16)30-4/h5-8,13-14H,9-12H2,1-4H3. The number of carbonyl (C=O) groups is 2. The van der Waals surface area contributed by atoms with Crippen molar-refractivity contribution < 1.29 is 28.5 Å². The predicted molar refractivity (Wildman–Crippen MR) is 119 cm³/mol. The molecular formula is C22H26N2O6S. The number of methoxy groups -OCH3 is 4. The molecule has 1 aromatic heterocycles. The number of benzene rings is 1. The van der Waals surface area contributed by atoms with E-state index >= 15 is 0 Å². The van der Waals surface area contributed by atoms with Gasteiger partial charge in [-0.15, -0.1) is 11.3 Å². The Kier molecular flexibility index (Phi) is 7.67. The molecule has 1 aliphatic rings. The molecule has 0 saturated carbocycles. The highest BCUT2D eigenvalue weighted by atomic mass is 32.1. The Bertz CT molecular complexity index is 949. The summed E-state index contributed by atoms with van der Waals surface area (Å²) in [6.07, 6.45) is 0.